The van der Waals surface area contributed by atoms with Gasteiger partial charge in [0.05, 0.1) is 25.2 Å². The van der Waals surface area contributed by atoms with Crippen molar-refractivity contribution in [3.8, 4) is 21.4 Å². The van der Waals surface area contributed by atoms with Gasteiger partial charge in [-0.2, -0.15) is 0 Å². The molecule has 6 nitrogen and oxygen atoms in total. The minimum absolute atomic E-state index is 0.0375. The van der Waals surface area contributed by atoms with Crippen LogP contribution in [-0.2, 0) is 4.79 Å². The second-order valence-electron chi connectivity index (χ2n) is 11.7. The number of carbonyl (C=O) groups excluding carboxylic acids is 1. The lowest BCUT2D eigenvalue weighted by Gasteiger charge is -2.39. The van der Waals surface area contributed by atoms with Gasteiger partial charge in [0, 0.05) is 24.3 Å². The van der Waals surface area contributed by atoms with Crippen LogP contribution in [0.2, 0.25) is 0 Å². The Bertz CT molecular complexity index is 1300. The molecule has 1 aromatic heterocycles. The number of aliphatic hydroxyl groups is 1. The summed E-state index contributed by atoms with van der Waals surface area (Å²) < 4.78 is 10.8. The Morgan fingerprint density at radius 2 is 1.85 bits per heavy atom. The van der Waals surface area contributed by atoms with Crippen molar-refractivity contribution in [3.05, 3.63) is 59.8 Å². The molecule has 5 rings (SSSR count). The number of aliphatic hydroxyl groups excluding tert-OH is 1. The summed E-state index contributed by atoms with van der Waals surface area (Å²) in [5, 5.41) is 10.7. The molecule has 2 fully saturated rings. The SMILES string of the molecule is COc1ncc(-c2cccc(N(CC3CCC(c4ccc(OC)c(C)c4)CC3C)C(=O)[C@H]3CC[C@H](O)CC3)c2)s1. The smallest absolute Gasteiger partial charge is 0.273 e. The number of carbonyl (C=O) groups is 1. The lowest BCUT2D eigenvalue weighted by molar-refractivity contribution is -0.124. The highest BCUT2D eigenvalue weighted by Gasteiger charge is 2.35. The molecule has 1 heterocycles. The molecule has 0 saturated heterocycles. The van der Waals surface area contributed by atoms with Crippen LogP contribution in [0.4, 0.5) is 5.69 Å². The third kappa shape index (κ3) is 6.36. The number of ether oxygens (including phenoxy) is 2. The first-order chi connectivity index (χ1) is 19.4. The van der Waals surface area contributed by atoms with Crippen molar-refractivity contribution in [3.63, 3.8) is 0 Å². The van der Waals surface area contributed by atoms with Crippen LogP contribution in [0.5, 0.6) is 10.9 Å². The van der Waals surface area contributed by atoms with Crippen molar-refractivity contribution in [1.29, 1.82) is 0 Å². The molecule has 2 aliphatic carbocycles. The molecule has 7 heteroatoms. The Balaban J connectivity index is 1.36. The number of methoxy groups -OCH3 is 2. The first kappa shape index (κ1) is 28.6. The molecule has 40 heavy (non-hydrogen) atoms. The summed E-state index contributed by atoms with van der Waals surface area (Å²) >= 11 is 1.51. The molecule has 1 amide bonds. The van der Waals surface area contributed by atoms with Gasteiger partial charge >= 0.3 is 0 Å². The molecule has 1 N–H and O–H groups in total. The highest BCUT2D eigenvalue weighted by molar-refractivity contribution is 7.16. The minimum atomic E-state index is -0.279. The zero-order chi connectivity index (χ0) is 28.2. The Morgan fingerprint density at radius 3 is 2.52 bits per heavy atom. The summed E-state index contributed by atoms with van der Waals surface area (Å²) in [7, 11) is 3.36. The average Bonchev–Trinajstić information content (AvgIpc) is 3.46. The first-order valence-corrected chi connectivity index (χ1v) is 15.4. The fourth-order valence-electron chi connectivity index (χ4n) is 6.60. The number of anilines is 1. The first-order valence-electron chi connectivity index (χ1n) is 14.6. The van der Waals surface area contributed by atoms with Gasteiger partial charge in [0.25, 0.3) is 5.19 Å². The maximum absolute atomic E-state index is 14.1. The number of hydrogen-bond acceptors (Lipinski definition) is 6. The van der Waals surface area contributed by atoms with Crippen LogP contribution < -0.4 is 14.4 Å². The second kappa shape index (κ2) is 12.7. The van der Waals surface area contributed by atoms with Crippen molar-refractivity contribution >= 4 is 22.9 Å². The van der Waals surface area contributed by atoms with Gasteiger partial charge in [-0.1, -0.05) is 42.5 Å². The van der Waals surface area contributed by atoms with Crippen LogP contribution >= 0.6 is 11.3 Å². The van der Waals surface area contributed by atoms with E-state index in [4.69, 9.17) is 9.47 Å². The predicted molar refractivity (Wildman–Crippen MR) is 161 cm³/mol. The van der Waals surface area contributed by atoms with Gasteiger partial charge < -0.3 is 19.5 Å². The van der Waals surface area contributed by atoms with Gasteiger partial charge in [0.2, 0.25) is 5.91 Å². The molecule has 0 spiro atoms. The third-order valence-corrected chi connectivity index (χ3v) is 10.1. The van der Waals surface area contributed by atoms with Crippen molar-refractivity contribution in [2.75, 3.05) is 25.7 Å². The second-order valence-corrected chi connectivity index (χ2v) is 12.7. The number of rotatable bonds is 8. The van der Waals surface area contributed by atoms with E-state index in [2.05, 4.69) is 60.1 Å². The van der Waals surface area contributed by atoms with Gasteiger partial charge in [0.1, 0.15) is 5.75 Å². The van der Waals surface area contributed by atoms with Gasteiger partial charge in [-0.3, -0.25) is 4.79 Å². The fourth-order valence-corrected chi connectivity index (χ4v) is 7.33. The number of thiazole rings is 1. The van der Waals surface area contributed by atoms with E-state index in [0.717, 1.165) is 60.5 Å². The fraction of sp³-hybridized carbons (Fsp3) is 0.515. The van der Waals surface area contributed by atoms with E-state index in [0.29, 0.717) is 35.8 Å². The maximum atomic E-state index is 14.1. The van der Waals surface area contributed by atoms with Crippen molar-refractivity contribution in [1.82, 2.24) is 4.98 Å². The zero-order valence-corrected chi connectivity index (χ0v) is 25.0. The molecule has 3 aromatic rings. The van der Waals surface area contributed by atoms with Crippen LogP contribution in [0, 0.1) is 24.7 Å². The standard InChI is InChI=1S/C33H42N2O4S/c1-21-16-24(25-12-15-30(38-3)22(2)17-25)8-9-27(21)20-35(32(37)23-10-13-29(36)14-11-23)28-7-5-6-26(18-28)31-19-34-33(39-4)40-31/h5-7,12,15,17-19,21,23-24,27,29,36H,8-11,13-14,16,20H2,1-4H3/t21?,23-,24?,27?,29-. The summed E-state index contributed by atoms with van der Waals surface area (Å²) in [6, 6.07) is 14.9. The average molecular weight is 563 g/mol. The predicted octanol–water partition coefficient (Wildman–Crippen LogP) is 7.24. The van der Waals surface area contributed by atoms with Crippen LogP contribution in [0.15, 0.2) is 48.7 Å². The Labute approximate surface area is 242 Å². The molecular formula is C33H42N2O4S. The number of benzene rings is 2. The van der Waals surface area contributed by atoms with E-state index in [9.17, 15) is 9.90 Å². The summed E-state index contributed by atoms with van der Waals surface area (Å²) in [6.07, 6.45) is 7.80. The normalized spacial score (nSPS) is 24.9. The molecule has 0 radical (unpaired) electrons. The Hall–Kier alpha value is -2.90. The van der Waals surface area contributed by atoms with Gasteiger partial charge in [-0.15, -0.1) is 0 Å². The molecule has 214 valence electrons. The summed E-state index contributed by atoms with van der Waals surface area (Å²) in [6.45, 7) is 5.19. The number of hydrogen-bond donors (Lipinski definition) is 1. The van der Waals surface area contributed by atoms with Gasteiger partial charge in [-0.05, 0) is 105 Å². The molecule has 0 bridgehead atoms. The van der Waals surface area contributed by atoms with Gasteiger partial charge in [0.15, 0.2) is 0 Å². The number of nitrogens with zero attached hydrogens (tertiary/aromatic N) is 2. The quantitative estimate of drug-likeness (QED) is 0.313. The van der Waals surface area contributed by atoms with Crippen molar-refractivity contribution in [2.24, 2.45) is 17.8 Å². The van der Waals surface area contributed by atoms with Gasteiger partial charge in [-0.25, -0.2) is 4.98 Å². The van der Waals surface area contributed by atoms with Crippen LogP contribution in [0.1, 0.15) is 68.9 Å². The Morgan fingerprint density at radius 1 is 1.05 bits per heavy atom. The van der Waals surface area contributed by atoms with Crippen LogP contribution in [0.3, 0.4) is 0 Å². The number of aryl methyl sites for hydroxylation is 1. The van der Waals surface area contributed by atoms with Crippen molar-refractivity contribution in [2.45, 2.75) is 70.8 Å². The van der Waals surface area contributed by atoms with E-state index in [-0.39, 0.29) is 17.9 Å². The number of amides is 1. The molecular weight excluding hydrogens is 520 g/mol. The maximum Gasteiger partial charge on any atom is 0.273 e. The zero-order valence-electron chi connectivity index (χ0n) is 24.1. The monoisotopic (exact) mass is 562 g/mol. The molecule has 2 aromatic carbocycles. The summed E-state index contributed by atoms with van der Waals surface area (Å²) in [5.74, 6) is 2.56. The van der Waals surface area contributed by atoms with E-state index in [1.54, 1.807) is 14.2 Å². The van der Waals surface area contributed by atoms with E-state index < -0.39 is 0 Å². The molecule has 3 atom stereocenters. The van der Waals surface area contributed by atoms with E-state index >= 15 is 0 Å². The largest absolute Gasteiger partial charge is 0.496 e. The lowest BCUT2D eigenvalue weighted by atomic mass is 9.72. The topological polar surface area (TPSA) is 71.9 Å². The summed E-state index contributed by atoms with van der Waals surface area (Å²) in [4.78, 5) is 21.5. The van der Waals surface area contributed by atoms with E-state index in [1.165, 1.54) is 22.5 Å². The highest BCUT2D eigenvalue weighted by Crippen LogP contribution is 2.42. The molecule has 2 aliphatic rings. The lowest BCUT2D eigenvalue weighted by Crippen LogP contribution is -2.43. The number of aromatic nitrogens is 1. The van der Waals surface area contributed by atoms with Crippen LogP contribution in [-0.4, -0.2) is 42.9 Å². The molecule has 3 unspecified atom stereocenters. The Kier molecular flexibility index (Phi) is 9.11. The molecule has 2 saturated carbocycles. The minimum Gasteiger partial charge on any atom is -0.496 e. The van der Waals surface area contributed by atoms with Crippen molar-refractivity contribution < 1.29 is 19.4 Å². The van der Waals surface area contributed by atoms with E-state index in [1.807, 2.05) is 12.3 Å². The third-order valence-electron chi connectivity index (χ3n) is 9.07. The molecule has 0 aliphatic heterocycles. The van der Waals surface area contributed by atoms with Crippen LogP contribution in [0.25, 0.3) is 10.4 Å². The highest BCUT2D eigenvalue weighted by atomic mass is 32.1. The summed E-state index contributed by atoms with van der Waals surface area (Å²) in [5.41, 5.74) is 4.57.